The van der Waals surface area contributed by atoms with E-state index in [1.165, 1.54) is 42.5 Å². The molecule has 2 heterocycles. The Hall–Kier alpha value is -4.05. The first-order valence-corrected chi connectivity index (χ1v) is 11.5. The number of hydrogen-bond acceptors (Lipinski definition) is 5. The van der Waals surface area contributed by atoms with Gasteiger partial charge in [-0.2, -0.15) is 5.10 Å². The van der Waals surface area contributed by atoms with Crippen LogP contribution in [0.1, 0.15) is 15.9 Å². The second-order valence-corrected chi connectivity index (χ2v) is 8.82. The molecule has 2 N–H and O–H groups in total. The van der Waals surface area contributed by atoms with Gasteiger partial charge in [-0.15, -0.1) is 0 Å². The fourth-order valence-corrected chi connectivity index (χ4v) is 4.13. The van der Waals surface area contributed by atoms with Crippen molar-refractivity contribution >= 4 is 27.4 Å². The predicted molar refractivity (Wildman–Crippen MR) is 122 cm³/mol. The largest absolute Gasteiger partial charge is 0.305 e. The molecule has 0 saturated heterocycles. The molecule has 0 aliphatic carbocycles. The number of carbonyl (C=O) groups excluding carboxylic acids is 1. The molecule has 10 heteroatoms. The number of nitrogens with one attached hydrogen (secondary N) is 2. The van der Waals surface area contributed by atoms with E-state index in [0.29, 0.717) is 12.4 Å². The summed E-state index contributed by atoms with van der Waals surface area (Å²) in [4.78, 5) is 16.4. The van der Waals surface area contributed by atoms with E-state index in [0.717, 1.165) is 18.1 Å². The zero-order valence-electron chi connectivity index (χ0n) is 17.3. The number of rotatable bonds is 8. The number of benzene rings is 2. The highest BCUT2D eigenvalue weighted by Crippen LogP contribution is 2.19. The van der Waals surface area contributed by atoms with Gasteiger partial charge in [-0.3, -0.25) is 19.2 Å². The molecule has 0 spiro atoms. The van der Waals surface area contributed by atoms with Gasteiger partial charge in [0.05, 0.1) is 10.6 Å². The quantitative estimate of drug-likeness (QED) is 0.413. The molecular formula is C23H20FN5O3S. The number of aryl methyl sites for hydroxylation is 2. The number of aromatic nitrogens is 3. The van der Waals surface area contributed by atoms with Crippen molar-refractivity contribution in [2.24, 2.45) is 0 Å². The molecule has 4 aromatic rings. The van der Waals surface area contributed by atoms with Crippen molar-refractivity contribution in [3.63, 3.8) is 0 Å². The van der Waals surface area contributed by atoms with Crippen LogP contribution in [-0.2, 0) is 23.0 Å². The Morgan fingerprint density at radius 1 is 0.970 bits per heavy atom. The number of hydrogen-bond donors (Lipinski definition) is 2. The van der Waals surface area contributed by atoms with Gasteiger partial charge in [-0.1, -0.05) is 12.1 Å². The van der Waals surface area contributed by atoms with Gasteiger partial charge in [0.1, 0.15) is 5.82 Å². The van der Waals surface area contributed by atoms with Crippen LogP contribution in [0.5, 0.6) is 0 Å². The van der Waals surface area contributed by atoms with E-state index < -0.39 is 21.7 Å². The van der Waals surface area contributed by atoms with E-state index in [1.807, 2.05) is 12.1 Å². The first kappa shape index (κ1) is 22.2. The van der Waals surface area contributed by atoms with Crippen molar-refractivity contribution in [3.05, 3.63) is 102 Å². The predicted octanol–water partition coefficient (Wildman–Crippen LogP) is 3.71. The minimum absolute atomic E-state index is 0.0947. The highest BCUT2D eigenvalue weighted by atomic mass is 32.2. The number of anilines is 2. The Labute approximate surface area is 190 Å². The van der Waals surface area contributed by atoms with Crippen LogP contribution in [0.25, 0.3) is 0 Å². The lowest BCUT2D eigenvalue weighted by molar-refractivity contribution is 0.102. The molecule has 0 unspecified atom stereocenters. The molecule has 2 aromatic carbocycles. The summed E-state index contributed by atoms with van der Waals surface area (Å²) >= 11 is 0. The van der Waals surface area contributed by atoms with Crippen LogP contribution in [0.4, 0.5) is 15.9 Å². The third kappa shape index (κ3) is 5.60. The zero-order valence-corrected chi connectivity index (χ0v) is 18.2. The molecule has 1 amide bonds. The van der Waals surface area contributed by atoms with Gasteiger partial charge >= 0.3 is 0 Å². The van der Waals surface area contributed by atoms with Crippen LogP contribution < -0.4 is 10.0 Å². The van der Waals surface area contributed by atoms with E-state index in [9.17, 15) is 17.6 Å². The molecule has 2 aromatic heterocycles. The first-order valence-electron chi connectivity index (χ1n) is 10.0. The minimum Gasteiger partial charge on any atom is -0.305 e. The number of amides is 1. The number of carbonyl (C=O) groups is 1. The maximum absolute atomic E-state index is 13.8. The third-order valence-corrected chi connectivity index (χ3v) is 6.19. The molecule has 0 bridgehead atoms. The first-order chi connectivity index (χ1) is 15.9. The van der Waals surface area contributed by atoms with E-state index in [-0.39, 0.29) is 16.1 Å². The van der Waals surface area contributed by atoms with Crippen LogP contribution in [0.2, 0.25) is 0 Å². The molecule has 0 atom stereocenters. The molecule has 33 heavy (non-hydrogen) atoms. The normalized spacial score (nSPS) is 11.2. The van der Waals surface area contributed by atoms with E-state index in [4.69, 9.17) is 0 Å². The minimum atomic E-state index is -4.00. The van der Waals surface area contributed by atoms with Crippen LogP contribution in [0, 0.1) is 5.82 Å². The maximum Gasteiger partial charge on any atom is 0.261 e. The van der Waals surface area contributed by atoms with Crippen molar-refractivity contribution in [1.29, 1.82) is 0 Å². The van der Waals surface area contributed by atoms with Crippen molar-refractivity contribution in [2.45, 2.75) is 17.9 Å². The smallest absolute Gasteiger partial charge is 0.261 e. The summed E-state index contributed by atoms with van der Waals surface area (Å²) in [6.07, 6.45) is 6.00. The Morgan fingerprint density at radius 2 is 1.70 bits per heavy atom. The Kier molecular flexibility index (Phi) is 6.45. The lowest BCUT2D eigenvalue weighted by Crippen LogP contribution is -2.15. The summed E-state index contributed by atoms with van der Waals surface area (Å²) in [5, 5.41) is 7.02. The highest BCUT2D eigenvalue weighted by Gasteiger charge is 2.17. The van der Waals surface area contributed by atoms with Crippen molar-refractivity contribution in [3.8, 4) is 0 Å². The van der Waals surface area contributed by atoms with Crippen molar-refractivity contribution < 1.29 is 17.6 Å². The van der Waals surface area contributed by atoms with Crippen molar-refractivity contribution in [1.82, 2.24) is 14.8 Å². The molecule has 168 valence electrons. The number of para-hydroxylation sites is 1. The van der Waals surface area contributed by atoms with Crippen LogP contribution >= 0.6 is 0 Å². The van der Waals surface area contributed by atoms with Gasteiger partial charge in [0.25, 0.3) is 15.9 Å². The van der Waals surface area contributed by atoms with Crippen LogP contribution in [-0.4, -0.2) is 29.1 Å². The standard InChI is InChI=1S/C23H20FN5O3S/c24-20-3-1-2-4-21(20)28-33(31,32)19-7-5-18(6-8-19)23(30)26-22-12-16-29(27-22)15-11-17-9-13-25-14-10-17/h1-10,12-14,16,28H,11,15H2,(H,26,27,30). The SMILES string of the molecule is O=C(Nc1ccn(CCc2ccncc2)n1)c1ccc(S(=O)(=O)Nc2ccccc2F)cc1. The number of sulfonamides is 1. The topological polar surface area (TPSA) is 106 Å². The fraction of sp³-hybridized carbons (Fsp3) is 0.0870. The second-order valence-electron chi connectivity index (χ2n) is 7.13. The van der Waals surface area contributed by atoms with Gasteiger partial charge in [-0.05, 0) is 60.5 Å². The van der Waals surface area contributed by atoms with E-state index in [1.54, 1.807) is 29.3 Å². The average Bonchev–Trinajstić information content (AvgIpc) is 3.27. The van der Waals surface area contributed by atoms with Gasteiger partial charge in [0, 0.05) is 36.8 Å². The number of halogens is 1. The van der Waals surface area contributed by atoms with E-state index in [2.05, 4.69) is 20.1 Å². The molecule has 0 saturated carbocycles. The van der Waals surface area contributed by atoms with Crippen LogP contribution in [0.3, 0.4) is 0 Å². The van der Waals surface area contributed by atoms with Gasteiger partial charge in [0.15, 0.2) is 5.82 Å². The van der Waals surface area contributed by atoms with Crippen LogP contribution in [0.15, 0.2) is 90.2 Å². The fourth-order valence-electron chi connectivity index (χ4n) is 3.07. The summed E-state index contributed by atoms with van der Waals surface area (Å²) in [7, 11) is -4.00. The maximum atomic E-state index is 13.8. The Morgan fingerprint density at radius 3 is 2.42 bits per heavy atom. The highest BCUT2D eigenvalue weighted by molar-refractivity contribution is 7.92. The Balaban J connectivity index is 1.37. The molecule has 0 aliphatic heterocycles. The van der Waals surface area contributed by atoms with Gasteiger partial charge < -0.3 is 5.32 Å². The molecule has 4 rings (SSSR count). The number of nitrogens with zero attached hydrogens (tertiary/aromatic N) is 3. The Bertz CT molecular complexity index is 1360. The third-order valence-electron chi connectivity index (χ3n) is 4.81. The summed E-state index contributed by atoms with van der Waals surface area (Å²) in [6, 6.07) is 16.3. The van der Waals surface area contributed by atoms with Gasteiger partial charge in [0.2, 0.25) is 0 Å². The lowest BCUT2D eigenvalue weighted by Gasteiger charge is -2.09. The summed E-state index contributed by atoms with van der Waals surface area (Å²) < 4.78 is 42.7. The van der Waals surface area contributed by atoms with Crippen molar-refractivity contribution in [2.75, 3.05) is 10.0 Å². The average molecular weight is 466 g/mol. The molecule has 8 nitrogen and oxygen atoms in total. The molecule has 0 aliphatic rings. The summed E-state index contributed by atoms with van der Waals surface area (Å²) in [6.45, 7) is 0.640. The lowest BCUT2D eigenvalue weighted by atomic mass is 10.2. The summed E-state index contributed by atoms with van der Waals surface area (Å²) in [5.41, 5.74) is 1.23. The monoisotopic (exact) mass is 465 g/mol. The number of pyridine rings is 1. The molecular weight excluding hydrogens is 445 g/mol. The summed E-state index contributed by atoms with van der Waals surface area (Å²) in [5.74, 6) is -0.731. The van der Waals surface area contributed by atoms with Gasteiger partial charge in [-0.25, -0.2) is 12.8 Å². The molecule has 0 fully saturated rings. The molecule has 0 radical (unpaired) electrons. The second kappa shape index (κ2) is 9.61. The zero-order chi connectivity index (χ0) is 23.3. The van der Waals surface area contributed by atoms with E-state index >= 15 is 0 Å².